The third-order valence-corrected chi connectivity index (χ3v) is 5.41. The number of thiazole rings is 1. The van der Waals surface area contributed by atoms with Gasteiger partial charge in [-0.1, -0.05) is 5.16 Å². The fourth-order valence-corrected chi connectivity index (χ4v) is 4.06. The van der Waals surface area contributed by atoms with Gasteiger partial charge in [0.2, 0.25) is 0 Å². The molecule has 0 saturated carbocycles. The predicted molar refractivity (Wildman–Crippen MR) is 89.8 cm³/mol. The van der Waals surface area contributed by atoms with Crippen molar-refractivity contribution in [3.63, 3.8) is 0 Å². The molecule has 1 aromatic rings. The Balaban J connectivity index is 1.59. The number of cyclic esters (lactones) is 1. The Morgan fingerprint density at radius 3 is 3.12 bits per heavy atom. The van der Waals surface area contributed by atoms with Crippen molar-refractivity contribution >= 4 is 45.8 Å². The van der Waals surface area contributed by atoms with E-state index in [9.17, 15) is 9.59 Å². The average molecular weight is 369 g/mol. The molecular weight excluding hydrogens is 354 g/mol. The minimum atomic E-state index is -0.577. The lowest BCUT2D eigenvalue weighted by Crippen LogP contribution is -2.44. The number of nitrogens with zero attached hydrogens (tertiary/aromatic N) is 2. The highest BCUT2D eigenvalue weighted by atomic mass is 32.2. The molecule has 0 unspecified atom stereocenters. The number of amides is 1. The number of thioether (sulfide) groups is 1. The summed E-state index contributed by atoms with van der Waals surface area (Å²) >= 11 is 2.70. The summed E-state index contributed by atoms with van der Waals surface area (Å²) in [5, 5.41) is 19.4. The van der Waals surface area contributed by atoms with E-state index in [2.05, 4.69) is 20.8 Å². The Kier molecular flexibility index (Phi) is 4.62. The highest BCUT2D eigenvalue weighted by molar-refractivity contribution is 8.00. The zero-order valence-corrected chi connectivity index (χ0v) is 14.2. The Morgan fingerprint density at radius 1 is 1.67 bits per heavy atom. The Labute approximate surface area is 145 Å². The zero-order chi connectivity index (χ0) is 17.3. The number of hydrogen-bond donors (Lipinski definition) is 4. The van der Waals surface area contributed by atoms with E-state index in [0.717, 1.165) is 16.9 Å². The van der Waals surface area contributed by atoms with Gasteiger partial charge in [0, 0.05) is 23.3 Å². The first-order chi connectivity index (χ1) is 11.5. The highest BCUT2D eigenvalue weighted by Crippen LogP contribution is 2.30. The van der Waals surface area contributed by atoms with Gasteiger partial charge in [0.1, 0.15) is 17.5 Å². The van der Waals surface area contributed by atoms with Gasteiger partial charge in [-0.3, -0.25) is 4.79 Å². The number of oxime groups is 1. The first-order valence-electron chi connectivity index (χ1n) is 7.03. The first kappa shape index (κ1) is 16.6. The van der Waals surface area contributed by atoms with E-state index in [-0.39, 0.29) is 40.5 Å². The highest BCUT2D eigenvalue weighted by Gasteiger charge is 2.36. The van der Waals surface area contributed by atoms with Gasteiger partial charge in [-0.2, -0.15) is 0 Å². The molecule has 9 nitrogen and oxygen atoms in total. The normalized spacial score (nSPS) is 23.5. The fraction of sp³-hybridized carbons (Fsp3) is 0.385. The van der Waals surface area contributed by atoms with Gasteiger partial charge < -0.3 is 26.3 Å². The number of ether oxygens (including phenoxy) is 1. The summed E-state index contributed by atoms with van der Waals surface area (Å²) in [6, 6.07) is 0. The van der Waals surface area contributed by atoms with Crippen LogP contribution in [0.1, 0.15) is 12.6 Å². The van der Waals surface area contributed by atoms with Crippen LogP contribution < -0.4 is 16.4 Å². The molecule has 11 heteroatoms. The molecule has 1 amide bonds. The largest absolute Gasteiger partial charge is 0.453 e. The van der Waals surface area contributed by atoms with E-state index < -0.39 is 5.91 Å². The van der Waals surface area contributed by atoms with E-state index in [1.165, 1.54) is 5.38 Å². The summed E-state index contributed by atoms with van der Waals surface area (Å²) < 4.78 is 5.15. The third-order valence-electron chi connectivity index (χ3n) is 3.57. The number of esters is 1. The maximum absolute atomic E-state index is 12.2. The van der Waals surface area contributed by atoms with Crippen LogP contribution in [0.25, 0.3) is 0 Å². The van der Waals surface area contributed by atoms with Crippen LogP contribution in [0, 0.1) is 0 Å². The maximum atomic E-state index is 12.2. The monoisotopic (exact) mass is 369 g/mol. The second-order valence-corrected chi connectivity index (χ2v) is 7.20. The molecule has 128 valence electrons. The number of aromatic nitrogens is 1. The van der Waals surface area contributed by atoms with E-state index in [1.54, 1.807) is 11.8 Å². The summed E-state index contributed by atoms with van der Waals surface area (Å²) in [5.74, 6) is -0.295. The van der Waals surface area contributed by atoms with E-state index in [1.807, 2.05) is 6.92 Å². The van der Waals surface area contributed by atoms with Crippen molar-refractivity contribution in [3.8, 4) is 0 Å². The number of carbonyl (C=O) groups excluding carboxylic acids is 2. The van der Waals surface area contributed by atoms with Crippen LogP contribution in [0.2, 0.25) is 0 Å². The molecule has 1 aromatic heterocycles. The van der Waals surface area contributed by atoms with Crippen molar-refractivity contribution in [2.45, 2.75) is 18.4 Å². The zero-order valence-electron chi connectivity index (χ0n) is 12.6. The number of rotatable bonds is 4. The second-order valence-electron chi connectivity index (χ2n) is 5.12. The van der Waals surface area contributed by atoms with Gasteiger partial charge in [0.25, 0.3) is 5.91 Å². The van der Waals surface area contributed by atoms with Crippen molar-refractivity contribution in [2.75, 3.05) is 18.0 Å². The summed E-state index contributed by atoms with van der Waals surface area (Å²) in [7, 11) is 0. The van der Waals surface area contributed by atoms with Crippen molar-refractivity contribution in [3.05, 3.63) is 22.3 Å². The van der Waals surface area contributed by atoms with Crippen LogP contribution in [0.3, 0.4) is 0 Å². The predicted octanol–water partition coefficient (Wildman–Crippen LogP) is -0.118. The van der Waals surface area contributed by atoms with Gasteiger partial charge in [0.05, 0.1) is 5.37 Å². The number of nitrogens with two attached hydrogens (primary N) is 1. The average Bonchev–Trinajstić information content (AvgIpc) is 3.10. The number of carbonyl (C=O) groups is 2. The van der Waals surface area contributed by atoms with Crippen molar-refractivity contribution in [1.29, 1.82) is 0 Å². The standard InChI is InChI=1S/C13H15N5O4S2/c1-5-6-3-23-8(17-9(6)12(20)22-5)2-15-11(19)10(18-21)7-4-24-13(14)16-7/h4-5,8,17,21H,2-3H2,1H3,(H2,14,16)(H,15,19)/b18-10-/t5-,8+/m0/s1. The van der Waals surface area contributed by atoms with Crippen LogP contribution in [-0.2, 0) is 14.3 Å². The maximum Gasteiger partial charge on any atom is 0.355 e. The molecule has 2 aliphatic heterocycles. The van der Waals surface area contributed by atoms with Crippen LogP contribution in [0.4, 0.5) is 5.13 Å². The molecule has 0 aliphatic carbocycles. The molecule has 3 rings (SSSR count). The molecule has 3 heterocycles. The van der Waals surface area contributed by atoms with E-state index in [0.29, 0.717) is 11.4 Å². The van der Waals surface area contributed by atoms with Crippen LogP contribution in [-0.4, -0.2) is 51.6 Å². The first-order valence-corrected chi connectivity index (χ1v) is 8.96. The lowest BCUT2D eigenvalue weighted by molar-refractivity contribution is -0.139. The molecule has 2 atom stereocenters. The third kappa shape index (κ3) is 3.17. The van der Waals surface area contributed by atoms with Gasteiger partial charge in [-0.05, 0) is 6.92 Å². The van der Waals surface area contributed by atoms with Crippen LogP contribution in [0.5, 0.6) is 0 Å². The van der Waals surface area contributed by atoms with E-state index >= 15 is 0 Å². The molecule has 0 radical (unpaired) electrons. The minimum absolute atomic E-state index is 0.189. The van der Waals surface area contributed by atoms with Gasteiger partial charge >= 0.3 is 5.97 Å². The van der Waals surface area contributed by atoms with Crippen molar-refractivity contribution in [1.82, 2.24) is 15.6 Å². The summed E-state index contributed by atoms with van der Waals surface area (Å²) in [5.41, 5.74) is 6.92. The lowest BCUT2D eigenvalue weighted by Gasteiger charge is -2.24. The van der Waals surface area contributed by atoms with Crippen molar-refractivity contribution in [2.24, 2.45) is 5.16 Å². The van der Waals surface area contributed by atoms with Crippen molar-refractivity contribution < 1.29 is 19.5 Å². The number of hydrogen-bond acceptors (Lipinski definition) is 10. The van der Waals surface area contributed by atoms with Crippen LogP contribution >= 0.6 is 23.1 Å². The molecule has 5 N–H and O–H groups in total. The molecule has 2 aliphatic rings. The quantitative estimate of drug-likeness (QED) is 0.249. The molecule has 0 spiro atoms. The second kappa shape index (κ2) is 6.69. The van der Waals surface area contributed by atoms with Crippen LogP contribution in [0.15, 0.2) is 21.8 Å². The molecule has 0 saturated heterocycles. The fourth-order valence-electron chi connectivity index (χ4n) is 2.35. The summed E-state index contributed by atoms with van der Waals surface area (Å²) in [6.07, 6.45) is -0.216. The van der Waals surface area contributed by atoms with Gasteiger partial charge in [0.15, 0.2) is 10.8 Å². The lowest BCUT2D eigenvalue weighted by atomic mass is 10.1. The topological polar surface area (TPSA) is 139 Å². The summed E-state index contributed by atoms with van der Waals surface area (Å²) in [4.78, 5) is 27.8. The Morgan fingerprint density at radius 2 is 2.46 bits per heavy atom. The Bertz CT molecular complexity index is 744. The minimum Gasteiger partial charge on any atom is -0.453 e. The molecule has 0 aromatic carbocycles. The smallest absolute Gasteiger partial charge is 0.355 e. The van der Waals surface area contributed by atoms with Gasteiger partial charge in [-0.25, -0.2) is 9.78 Å². The van der Waals surface area contributed by atoms with Gasteiger partial charge in [-0.15, -0.1) is 23.1 Å². The number of nitrogens with one attached hydrogen (secondary N) is 2. The molecule has 0 fully saturated rings. The SMILES string of the molecule is C[C@@H]1OC(=O)C2=C1CS[C@H](CNC(=O)/C(=N\O)c1csc(N)n1)N2. The number of anilines is 1. The molecule has 24 heavy (non-hydrogen) atoms. The number of nitrogen functional groups attached to an aromatic ring is 1. The molecular formula is C13H15N5O4S2. The molecule has 0 bridgehead atoms. The summed E-state index contributed by atoms with van der Waals surface area (Å²) in [6.45, 7) is 2.06. The van der Waals surface area contributed by atoms with E-state index in [4.69, 9.17) is 15.7 Å². The Hall–Kier alpha value is -2.27.